The van der Waals surface area contributed by atoms with Crippen molar-refractivity contribution < 1.29 is 4.74 Å². The maximum Gasteiger partial charge on any atom is 0.262 e. The van der Waals surface area contributed by atoms with Gasteiger partial charge < -0.3 is 9.72 Å². The number of aromatic amines is 1. The van der Waals surface area contributed by atoms with E-state index in [1.165, 1.54) is 11.8 Å². The van der Waals surface area contributed by atoms with E-state index >= 15 is 0 Å². The maximum atomic E-state index is 12.3. The van der Waals surface area contributed by atoms with E-state index < -0.39 is 0 Å². The second-order valence-corrected chi connectivity index (χ2v) is 6.59. The molecule has 0 fully saturated rings. The van der Waals surface area contributed by atoms with Crippen LogP contribution in [-0.4, -0.2) is 32.1 Å². The van der Waals surface area contributed by atoms with E-state index in [0.717, 1.165) is 11.4 Å². The van der Waals surface area contributed by atoms with Crippen LogP contribution in [0.5, 0.6) is 5.75 Å². The number of H-pyrrole nitrogens is 1. The van der Waals surface area contributed by atoms with Gasteiger partial charge in [-0.05, 0) is 24.3 Å². The summed E-state index contributed by atoms with van der Waals surface area (Å²) in [6.07, 6.45) is 1.54. The van der Waals surface area contributed by atoms with Crippen LogP contribution in [0.15, 0.2) is 76.8 Å². The van der Waals surface area contributed by atoms with Gasteiger partial charge in [0, 0.05) is 5.75 Å². The van der Waals surface area contributed by atoms with E-state index in [-0.39, 0.29) is 5.56 Å². The molecule has 0 aliphatic rings. The first-order chi connectivity index (χ1) is 12.8. The van der Waals surface area contributed by atoms with Gasteiger partial charge in [0.2, 0.25) is 0 Å². The second kappa shape index (κ2) is 7.45. The molecule has 130 valence electrons. The number of hydrogen-bond donors (Lipinski definition) is 1. The number of benzene rings is 2. The fourth-order valence-electron chi connectivity index (χ4n) is 2.54. The summed E-state index contributed by atoms with van der Waals surface area (Å²) in [6.45, 7) is 0.522. The Kier molecular flexibility index (Phi) is 4.70. The average Bonchev–Trinajstić information content (AvgIpc) is 3.11. The third-order valence-electron chi connectivity index (χ3n) is 3.75. The Morgan fingerprint density at radius 2 is 1.77 bits per heavy atom. The Hall–Kier alpha value is -3.06. The fourth-order valence-corrected chi connectivity index (χ4v) is 3.22. The van der Waals surface area contributed by atoms with Crippen molar-refractivity contribution in [3.05, 3.63) is 77.2 Å². The molecule has 4 rings (SSSR count). The Balaban J connectivity index is 1.52. The highest BCUT2D eigenvalue weighted by molar-refractivity contribution is 7.99. The molecule has 0 saturated carbocycles. The molecule has 0 saturated heterocycles. The van der Waals surface area contributed by atoms with Crippen molar-refractivity contribution in [3.63, 3.8) is 0 Å². The molecule has 2 aromatic heterocycles. The standard InChI is InChI=1S/C19H16N4O2S/c24-18-16-13-20-23(14-7-3-1-4-8-14)17(16)21-19(22-18)26-12-11-25-15-9-5-2-6-10-15/h1-10,13H,11-12H2,(H,21,22,24). The molecule has 7 heteroatoms. The lowest BCUT2D eigenvalue weighted by atomic mass is 10.3. The van der Waals surface area contributed by atoms with Crippen molar-refractivity contribution >= 4 is 22.8 Å². The Bertz CT molecular complexity index is 1060. The molecule has 26 heavy (non-hydrogen) atoms. The van der Waals surface area contributed by atoms with E-state index in [1.54, 1.807) is 10.9 Å². The summed E-state index contributed by atoms with van der Waals surface area (Å²) >= 11 is 1.44. The molecule has 0 aliphatic carbocycles. The van der Waals surface area contributed by atoms with E-state index in [9.17, 15) is 4.79 Å². The number of hydrogen-bond acceptors (Lipinski definition) is 5. The molecule has 4 aromatic rings. The van der Waals surface area contributed by atoms with Crippen LogP contribution >= 0.6 is 11.8 Å². The zero-order chi connectivity index (χ0) is 17.8. The Morgan fingerprint density at radius 3 is 2.54 bits per heavy atom. The van der Waals surface area contributed by atoms with Gasteiger partial charge in [-0.25, -0.2) is 9.67 Å². The number of rotatable bonds is 6. The SMILES string of the molecule is O=c1[nH]c(SCCOc2ccccc2)nc2c1cnn2-c1ccccc1. The van der Waals surface area contributed by atoms with Crippen molar-refractivity contribution in [2.45, 2.75) is 5.16 Å². The van der Waals surface area contributed by atoms with Gasteiger partial charge >= 0.3 is 0 Å². The second-order valence-electron chi connectivity index (χ2n) is 5.51. The zero-order valence-electron chi connectivity index (χ0n) is 13.8. The van der Waals surface area contributed by atoms with Crippen LogP contribution < -0.4 is 10.3 Å². The highest BCUT2D eigenvalue weighted by Crippen LogP contribution is 2.18. The molecule has 0 amide bonds. The minimum Gasteiger partial charge on any atom is -0.493 e. The van der Waals surface area contributed by atoms with E-state index in [0.29, 0.717) is 28.5 Å². The van der Waals surface area contributed by atoms with Crippen molar-refractivity contribution in [2.24, 2.45) is 0 Å². The predicted molar refractivity (Wildman–Crippen MR) is 102 cm³/mol. The number of thioether (sulfide) groups is 1. The van der Waals surface area contributed by atoms with Gasteiger partial charge in [0.05, 0.1) is 18.5 Å². The predicted octanol–water partition coefficient (Wildman–Crippen LogP) is 3.28. The minimum absolute atomic E-state index is 0.191. The molecular weight excluding hydrogens is 348 g/mol. The summed E-state index contributed by atoms with van der Waals surface area (Å²) in [6, 6.07) is 19.3. The molecule has 2 heterocycles. The van der Waals surface area contributed by atoms with E-state index in [1.807, 2.05) is 60.7 Å². The first-order valence-corrected chi connectivity index (χ1v) is 9.14. The van der Waals surface area contributed by atoms with Crippen LogP contribution in [0.25, 0.3) is 16.7 Å². The molecule has 0 radical (unpaired) electrons. The summed E-state index contributed by atoms with van der Waals surface area (Å²) in [5.74, 6) is 1.50. The lowest BCUT2D eigenvalue weighted by Crippen LogP contribution is -2.10. The van der Waals surface area contributed by atoms with Gasteiger partial charge in [-0.1, -0.05) is 48.2 Å². The van der Waals surface area contributed by atoms with Crippen LogP contribution in [0.4, 0.5) is 0 Å². The smallest absolute Gasteiger partial charge is 0.262 e. The van der Waals surface area contributed by atoms with Crippen molar-refractivity contribution in [1.29, 1.82) is 0 Å². The minimum atomic E-state index is -0.191. The number of para-hydroxylation sites is 2. The summed E-state index contributed by atoms with van der Waals surface area (Å²) in [5.41, 5.74) is 1.22. The van der Waals surface area contributed by atoms with E-state index in [2.05, 4.69) is 15.1 Å². The van der Waals surface area contributed by atoms with Crippen LogP contribution in [0, 0.1) is 0 Å². The highest BCUT2D eigenvalue weighted by atomic mass is 32.2. The third kappa shape index (κ3) is 3.48. The number of nitrogens with zero attached hydrogens (tertiary/aromatic N) is 3. The zero-order valence-corrected chi connectivity index (χ0v) is 14.6. The van der Waals surface area contributed by atoms with Crippen LogP contribution in [0.3, 0.4) is 0 Å². The van der Waals surface area contributed by atoms with Crippen LogP contribution in [0.1, 0.15) is 0 Å². The van der Waals surface area contributed by atoms with Gasteiger partial charge in [0.1, 0.15) is 11.1 Å². The maximum absolute atomic E-state index is 12.3. The number of nitrogens with one attached hydrogen (secondary N) is 1. The summed E-state index contributed by atoms with van der Waals surface area (Å²) in [4.78, 5) is 19.7. The molecule has 1 N–H and O–H groups in total. The van der Waals surface area contributed by atoms with Gasteiger partial charge in [-0.2, -0.15) is 5.10 Å². The van der Waals surface area contributed by atoms with Gasteiger partial charge in [0.25, 0.3) is 5.56 Å². The topological polar surface area (TPSA) is 72.8 Å². The van der Waals surface area contributed by atoms with Crippen LogP contribution in [-0.2, 0) is 0 Å². The van der Waals surface area contributed by atoms with Gasteiger partial charge in [0.15, 0.2) is 10.8 Å². The quantitative estimate of drug-likeness (QED) is 0.323. The van der Waals surface area contributed by atoms with Crippen molar-refractivity contribution in [1.82, 2.24) is 19.7 Å². The molecule has 0 atom stereocenters. The fraction of sp³-hybridized carbons (Fsp3) is 0.105. The third-order valence-corrected chi connectivity index (χ3v) is 4.59. The molecule has 2 aromatic carbocycles. The monoisotopic (exact) mass is 364 g/mol. The molecule has 0 unspecified atom stereocenters. The first kappa shape index (κ1) is 16.4. The lowest BCUT2D eigenvalue weighted by molar-refractivity contribution is 0.344. The summed E-state index contributed by atoms with van der Waals surface area (Å²) < 4.78 is 7.34. The first-order valence-electron chi connectivity index (χ1n) is 8.15. The summed E-state index contributed by atoms with van der Waals surface area (Å²) in [5, 5.41) is 5.33. The highest BCUT2D eigenvalue weighted by Gasteiger charge is 2.11. The van der Waals surface area contributed by atoms with Crippen molar-refractivity contribution in [2.75, 3.05) is 12.4 Å². The Morgan fingerprint density at radius 1 is 1.04 bits per heavy atom. The van der Waals surface area contributed by atoms with Gasteiger partial charge in [-0.3, -0.25) is 4.79 Å². The van der Waals surface area contributed by atoms with Gasteiger partial charge in [-0.15, -0.1) is 0 Å². The lowest BCUT2D eigenvalue weighted by Gasteiger charge is -2.06. The average molecular weight is 364 g/mol. The number of aromatic nitrogens is 4. The van der Waals surface area contributed by atoms with Crippen LogP contribution in [0.2, 0.25) is 0 Å². The Labute approximate surface area is 153 Å². The molecule has 0 bridgehead atoms. The van der Waals surface area contributed by atoms with E-state index in [4.69, 9.17) is 4.74 Å². The molecule has 6 nitrogen and oxygen atoms in total. The number of ether oxygens (including phenoxy) is 1. The molecule has 0 spiro atoms. The number of fused-ring (bicyclic) bond motifs is 1. The largest absolute Gasteiger partial charge is 0.493 e. The van der Waals surface area contributed by atoms with Crippen molar-refractivity contribution in [3.8, 4) is 11.4 Å². The molecule has 0 aliphatic heterocycles. The summed E-state index contributed by atoms with van der Waals surface area (Å²) in [7, 11) is 0. The normalized spacial score (nSPS) is 10.9. The molecular formula is C19H16N4O2S.